The van der Waals surface area contributed by atoms with Crippen molar-refractivity contribution in [3.05, 3.63) is 35.9 Å². The average Bonchev–Trinajstić information content (AvgIpc) is 3.19. The molecule has 3 nitrogen and oxygen atoms in total. The Hall–Kier alpha value is -1.35. The second kappa shape index (κ2) is 4.09. The fraction of sp³-hybridized carbons (Fsp3) is 0.533. The lowest BCUT2D eigenvalue weighted by Gasteiger charge is -2.24. The van der Waals surface area contributed by atoms with E-state index in [4.69, 9.17) is 0 Å². The summed E-state index contributed by atoms with van der Waals surface area (Å²) < 4.78 is 0. The van der Waals surface area contributed by atoms with Gasteiger partial charge in [0.05, 0.1) is 5.54 Å². The molecule has 1 saturated heterocycles. The van der Waals surface area contributed by atoms with Crippen molar-refractivity contribution < 1.29 is 4.79 Å². The molecule has 1 aliphatic carbocycles. The molecule has 1 N–H and O–H groups in total. The van der Waals surface area contributed by atoms with Gasteiger partial charge in [-0.05, 0) is 31.7 Å². The minimum atomic E-state index is -0.400. The van der Waals surface area contributed by atoms with Gasteiger partial charge in [-0.1, -0.05) is 37.3 Å². The van der Waals surface area contributed by atoms with Crippen LogP contribution in [0.1, 0.15) is 44.8 Å². The van der Waals surface area contributed by atoms with Gasteiger partial charge in [-0.25, -0.2) is 0 Å². The lowest BCUT2D eigenvalue weighted by atomic mass is 9.99. The predicted octanol–water partition coefficient (Wildman–Crippen LogP) is 2.45. The Morgan fingerprint density at radius 3 is 2.56 bits per heavy atom. The molecule has 0 aromatic heterocycles. The standard InChI is InChI=1S/C15H20N2O/c1-3-15(2)14(18)17(12-9-10-12)13(16-15)11-7-5-4-6-8-11/h4-8,12-13,16H,3,9-10H2,1-2H3. The zero-order valence-electron chi connectivity index (χ0n) is 11.0. The molecule has 2 aliphatic rings. The van der Waals surface area contributed by atoms with E-state index in [1.54, 1.807) is 0 Å². The van der Waals surface area contributed by atoms with Crippen molar-refractivity contribution >= 4 is 5.91 Å². The Morgan fingerprint density at radius 2 is 2.00 bits per heavy atom. The van der Waals surface area contributed by atoms with Crippen LogP contribution in [-0.2, 0) is 4.79 Å². The summed E-state index contributed by atoms with van der Waals surface area (Å²) in [5, 5.41) is 3.53. The van der Waals surface area contributed by atoms with Gasteiger partial charge >= 0.3 is 0 Å². The van der Waals surface area contributed by atoms with Crippen LogP contribution in [0.5, 0.6) is 0 Å². The van der Waals surface area contributed by atoms with Crippen LogP contribution < -0.4 is 5.32 Å². The van der Waals surface area contributed by atoms with Crippen molar-refractivity contribution in [1.82, 2.24) is 10.2 Å². The molecule has 1 aliphatic heterocycles. The van der Waals surface area contributed by atoms with Gasteiger partial charge in [0.1, 0.15) is 6.17 Å². The second-order valence-corrected chi connectivity index (χ2v) is 5.59. The summed E-state index contributed by atoms with van der Waals surface area (Å²) in [6, 6.07) is 10.7. The van der Waals surface area contributed by atoms with Gasteiger partial charge in [-0.15, -0.1) is 0 Å². The maximum Gasteiger partial charge on any atom is 0.244 e. The van der Waals surface area contributed by atoms with Crippen LogP contribution in [-0.4, -0.2) is 22.4 Å². The number of carbonyl (C=O) groups is 1. The Balaban J connectivity index is 1.96. The third-order valence-electron chi connectivity index (χ3n) is 4.20. The van der Waals surface area contributed by atoms with Gasteiger partial charge in [0.15, 0.2) is 0 Å². The number of hydrogen-bond donors (Lipinski definition) is 1. The number of nitrogens with one attached hydrogen (secondary N) is 1. The van der Waals surface area contributed by atoms with Gasteiger partial charge in [-0.2, -0.15) is 0 Å². The molecule has 2 fully saturated rings. The van der Waals surface area contributed by atoms with Crippen molar-refractivity contribution in [1.29, 1.82) is 0 Å². The molecule has 0 radical (unpaired) electrons. The van der Waals surface area contributed by atoms with Gasteiger partial charge in [0, 0.05) is 6.04 Å². The van der Waals surface area contributed by atoms with Crippen LogP contribution in [0, 0.1) is 0 Å². The summed E-state index contributed by atoms with van der Waals surface area (Å²) in [7, 11) is 0. The van der Waals surface area contributed by atoms with E-state index in [9.17, 15) is 4.79 Å². The first-order valence-corrected chi connectivity index (χ1v) is 6.81. The molecular weight excluding hydrogens is 224 g/mol. The first kappa shape index (κ1) is 11.7. The molecule has 3 heteroatoms. The first-order chi connectivity index (χ1) is 8.65. The van der Waals surface area contributed by atoms with Gasteiger partial charge < -0.3 is 4.90 Å². The molecule has 1 aromatic carbocycles. The number of hydrogen-bond acceptors (Lipinski definition) is 2. The number of amides is 1. The molecule has 0 bridgehead atoms. The van der Waals surface area contributed by atoms with Gasteiger partial charge in [-0.3, -0.25) is 10.1 Å². The molecule has 2 atom stereocenters. The van der Waals surface area contributed by atoms with Crippen molar-refractivity contribution in [2.75, 3.05) is 0 Å². The third kappa shape index (κ3) is 1.74. The van der Waals surface area contributed by atoms with Crippen molar-refractivity contribution in [3.8, 4) is 0 Å². The Labute approximate surface area is 108 Å². The van der Waals surface area contributed by atoms with E-state index in [0.29, 0.717) is 6.04 Å². The number of nitrogens with zero attached hydrogens (tertiary/aromatic N) is 1. The highest BCUT2D eigenvalue weighted by atomic mass is 16.2. The lowest BCUT2D eigenvalue weighted by Crippen LogP contribution is -2.43. The summed E-state index contributed by atoms with van der Waals surface area (Å²) in [6.07, 6.45) is 3.18. The molecule has 3 rings (SSSR count). The SMILES string of the molecule is CCC1(C)NC(c2ccccc2)N(C2CC2)C1=O. The maximum absolute atomic E-state index is 12.6. The van der Waals surface area contributed by atoms with E-state index in [1.165, 1.54) is 5.56 Å². The number of rotatable bonds is 3. The minimum absolute atomic E-state index is 0.0520. The van der Waals surface area contributed by atoms with E-state index in [0.717, 1.165) is 19.3 Å². The predicted molar refractivity (Wildman–Crippen MR) is 70.9 cm³/mol. The van der Waals surface area contributed by atoms with Crippen LogP contribution in [0.2, 0.25) is 0 Å². The van der Waals surface area contributed by atoms with Crippen LogP contribution in [0.3, 0.4) is 0 Å². The minimum Gasteiger partial charge on any atom is -0.318 e. The monoisotopic (exact) mass is 244 g/mol. The Kier molecular flexibility index (Phi) is 2.67. The van der Waals surface area contributed by atoms with Crippen molar-refractivity contribution in [2.45, 2.75) is 50.9 Å². The summed E-state index contributed by atoms with van der Waals surface area (Å²) >= 11 is 0. The molecule has 18 heavy (non-hydrogen) atoms. The average molecular weight is 244 g/mol. The molecule has 1 heterocycles. The summed E-state index contributed by atoms with van der Waals surface area (Å²) in [4.78, 5) is 14.7. The largest absolute Gasteiger partial charge is 0.318 e. The summed E-state index contributed by atoms with van der Waals surface area (Å²) in [5.41, 5.74) is 0.790. The fourth-order valence-electron chi connectivity index (χ4n) is 2.70. The Bertz CT molecular complexity index is 455. The molecule has 0 spiro atoms. The smallest absolute Gasteiger partial charge is 0.244 e. The van der Waals surface area contributed by atoms with Gasteiger partial charge in [0.25, 0.3) is 0 Å². The summed E-state index contributed by atoms with van der Waals surface area (Å²) in [5.74, 6) is 0.265. The lowest BCUT2D eigenvalue weighted by molar-refractivity contribution is -0.133. The molecular formula is C15H20N2O. The van der Waals surface area contributed by atoms with E-state index in [1.807, 2.05) is 25.1 Å². The third-order valence-corrected chi connectivity index (χ3v) is 4.20. The first-order valence-electron chi connectivity index (χ1n) is 6.81. The number of carbonyl (C=O) groups excluding carboxylic acids is 1. The maximum atomic E-state index is 12.6. The molecule has 96 valence electrons. The van der Waals surface area contributed by atoms with Crippen LogP contribution in [0.4, 0.5) is 0 Å². The van der Waals surface area contributed by atoms with E-state index < -0.39 is 5.54 Å². The van der Waals surface area contributed by atoms with Crippen molar-refractivity contribution in [2.24, 2.45) is 0 Å². The molecule has 1 aromatic rings. The fourth-order valence-corrected chi connectivity index (χ4v) is 2.70. The highest BCUT2D eigenvalue weighted by Crippen LogP contribution is 2.40. The Morgan fingerprint density at radius 1 is 1.33 bits per heavy atom. The molecule has 1 amide bonds. The zero-order chi connectivity index (χ0) is 12.8. The molecule has 1 saturated carbocycles. The number of benzene rings is 1. The quantitative estimate of drug-likeness (QED) is 0.885. The van der Waals surface area contributed by atoms with Crippen molar-refractivity contribution in [3.63, 3.8) is 0 Å². The van der Waals surface area contributed by atoms with E-state index >= 15 is 0 Å². The van der Waals surface area contributed by atoms with E-state index in [-0.39, 0.29) is 12.1 Å². The van der Waals surface area contributed by atoms with Gasteiger partial charge in [0.2, 0.25) is 5.91 Å². The van der Waals surface area contributed by atoms with Crippen LogP contribution in [0.15, 0.2) is 30.3 Å². The highest BCUT2D eigenvalue weighted by molar-refractivity contribution is 5.89. The summed E-state index contributed by atoms with van der Waals surface area (Å²) in [6.45, 7) is 4.09. The van der Waals surface area contributed by atoms with Crippen LogP contribution in [0.25, 0.3) is 0 Å². The molecule has 2 unspecified atom stereocenters. The topological polar surface area (TPSA) is 32.3 Å². The second-order valence-electron chi connectivity index (χ2n) is 5.59. The highest BCUT2D eigenvalue weighted by Gasteiger charge is 2.51. The zero-order valence-corrected chi connectivity index (χ0v) is 11.0. The van der Waals surface area contributed by atoms with Crippen LogP contribution >= 0.6 is 0 Å². The normalized spacial score (nSPS) is 32.0. The van der Waals surface area contributed by atoms with E-state index in [2.05, 4.69) is 29.3 Å².